The van der Waals surface area contributed by atoms with Gasteiger partial charge < -0.3 is 20.7 Å². The van der Waals surface area contributed by atoms with E-state index in [9.17, 15) is 4.79 Å². The van der Waals surface area contributed by atoms with E-state index in [1.807, 2.05) is 30.3 Å². The molecule has 0 spiro atoms. The van der Waals surface area contributed by atoms with Gasteiger partial charge in [-0.05, 0) is 23.8 Å². The zero-order chi connectivity index (χ0) is 16.9. The fourth-order valence-electron chi connectivity index (χ4n) is 2.58. The summed E-state index contributed by atoms with van der Waals surface area (Å²) in [5.41, 5.74) is 8.30. The smallest absolute Gasteiger partial charge is 0.269 e. The van der Waals surface area contributed by atoms with Gasteiger partial charge in [0.2, 0.25) is 0 Å². The van der Waals surface area contributed by atoms with Gasteiger partial charge in [0.05, 0.1) is 30.8 Å². The molecule has 0 atom stereocenters. The van der Waals surface area contributed by atoms with Crippen molar-refractivity contribution in [2.24, 2.45) is 5.73 Å². The molecule has 1 aliphatic heterocycles. The first-order valence-corrected chi connectivity index (χ1v) is 8.12. The number of morpholine rings is 1. The highest BCUT2D eigenvalue weighted by atomic mass is 35.5. The van der Waals surface area contributed by atoms with Crippen LogP contribution in [0.15, 0.2) is 36.5 Å². The number of nitrogens with two attached hydrogens (primary N) is 1. The molecule has 0 saturated carbocycles. The number of nitrogens with zero attached hydrogens (tertiary/aromatic N) is 2. The predicted octanol–water partition coefficient (Wildman–Crippen LogP) is 2.28. The molecule has 2 heterocycles. The Kier molecular flexibility index (Phi) is 5.17. The molecule has 3 N–H and O–H groups in total. The lowest BCUT2D eigenvalue weighted by atomic mass is 10.2. The summed E-state index contributed by atoms with van der Waals surface area (Å²) in [4.78, 5) is 18.0. The van der Waals surface area contributed by atoms with Crippen molar-refractivity contribution in [3.63, 3.8) is 0 Å². The molecule has 1 amide bonds. The molecule has 3 rings (SSSR count). The Labute approximate surface area is 145 Å². The van der Waals surface area contributed by atoms with Crippen LogP contribution >= 0.6 is 11.6 Å². The van der Waals surface area contributed by atoms with E-state index in [-0.39, 0.29) is 5.69 Å². The van der Waals surface area contributed by atoms with Crippen molar-refractivity contribution in [2.45, 2.75) is 6.54 Å². The number of aromatic nitrogens is 1. The lowest BCUT2D eigenvalue weighted by molar-refractivity contribution is 0.0996. The molecule has 0 bridgehead atoms. The summed E-state index contributed by atoms with van der Waals surface area (Å²) in [6.45, 7) is 3.52. The SMILES string of the molecule is NC(=O)c1ncc(N2CCOCC2)cc1NCc1ccc(Cl)cc1. The van der Waals surface area contributed by atoms with Crippen LogP contribution in [0, 0.1) is 0 Å². The van der Waals surface area contributed by atoms with Gasteiger partial charge in [-0.2, -0.15) is 0 Å². The Morgan fingerprint density at radius 1 is 1.29 bits per heavy atom. The van der Waals surface area contributed by atoms with Crippen molar-refractivity contribution in [3.8, 4) is 0 Å². The molecule has 1 fully saturated rings. The number of carbonyl (C=O) groups is 1. The van der Waals surface area contributed by atoms with E-state index in [0.29, 0.717) is 30.5 Å². The minimum Gasteiger partial charge on any atom is -0.379 e. The third kappa shape index (κ3) is 3.96. The molecule has 0 aliphatic carbocycles. The maximum absolute atomic E-state index is 11.6. The van der Waals surface area contributed by atoms with E-state index < -0.39 is 5.91 Å². The molecule has 1 saturated heterocycles. The molecule has 6 nitrogen and oxygen atoms in total. The van der Waals surface area contributed by atoms with E-state index in [4.69, 9.17) is 22.1 Å². The van der Waals surface area contributed by atoms with Crippen LogP contribution in [0.3, 0.4) is 0 Å². The molecule has 0 unspecified atom stereocenters. The van der Waals surface area contributed by atoms with Crippen LogP contribution < -0.4 is 16.0 Å². The number of hydrogen-bond donors (Lipinski definition) is 2. The summed E-state index contributed by atoms with van der Waals surface area (Å²) in [7, 11) is 0. The van der Waals surface area contributed by atoms with Gasteiger partial charge in [-0.1, -0.05) is 23.7 Å². The number of pyridine rings is 1. The molecule has 1 aliphatic rings. The maximum atomic E-state index is 11.6. The van der Waals surface area contributed by atoms with Crippen LogP contribution in [0.5, 0.6) is 0 Å². The molecule has 0 radical (unpaired) electrons. The van der Waals surface area contributed by atoms with Crippen LogP contribution in [0.4, 0.5) is 11.4 Å². The molecule has 24 heavy (non-hydrogen) atoms. The van der Waals surface area contributed by atoms with Crippen LogP contribution in [0.2, 0.25) is 5.02 Å². The number of hydrogen-bond acceptors (Lipinski definition) is 5. The van der Waals surface area contributed by atoms with Gasteiger partial charge in [-0.15, -0.1) is 0 Å². The molecule has 7 heteroatoms. The minimum absolute atomic E-state index is 0.237. The Bertz CT molecular complexity index is 715. The number of ether oxygens (including phenoxy) is 1. The van der Waals surface area contributed by atoms with Crippen molar-refractivity contribution >= 4 is 28.9 Å². The lowest BCUT2D eigenvalue weighted by Crippen LogP contribution is -2.36. The third-order valence-electron chi connectivity index (χ3n) is 3.88. The summed E-state index contributed by atoms with van der Waals surface area (Å²) in [6.07, 6.45) is 1.68. The first kappa shape index (κ1) is 16.5. The minimum atomic E-state index is -0.554. The number of rotatable bonds is 5. The van der Waals surface area contributed by atoms with E-state index >= 15 is 0 Å². The average Bonchev–Trinajstić information content (AvgIpc) is 2.61. The molecular formula is C17H19ClN4O2. The quantitative estimate of drug-likeness (QED) is 0.868. The largest absolute Gasteiger partial charge is 0.379 e. The van der Waals surface area contributed by atoms with E-state index in [0.717, 1.165) is 24.3 Å². The van der Waals surface area contributed by atoms with Crippen molar-refractivity contribution in [3.05, 3.63) is 52.8 Å². The number of primary amides is 1. The highest BCUT2D eigenvalue weighted by Crippen LogP contribution is 2.23. The second-order valence-corrected chi connectivity index (χ2v) is 5.97. The number of benzene rings is 1. The third-order valence-corrected chi connectivity index (χ3v) is 4.13. The van der Waals surface area contributed by atoms with Gasteiger partial charge in [-0.3, -0.25) is 4.79 Å². The number of nitrogens with one attached hydrogen (secondary N) is 1. The van der Waals surface area contributed by atoms with Gasteiger partial charge in [0, 0.05) is 24.7 Å². The summed E-state index contributed by atoms with van der Waals surface area (Å²) in [6, 6.07) is 9.43. The highest BCUT2D eigenvalue weighted by molar-refractivity contribution is 6.30. The first-order chi connectivity index (χ1) is 11.6. The zero-order valence-corrected chi connectivity index (χ0v) is 13.9. The van der Waals surface area contributed by atoms with Gasteiger partial charge in [0.1, 0.15) is 0 Å². The summed E-state index contributed by atoms with van der Waals surface area (Å²) >= 11 is 5.90. The summed E-state index contributed by atoms with van der Waals surface area (Å²) in [5.74, 6) is -0.554. The van der Waals surface area contributed by atoms with Gasteiger partial charge in [-0.25, -0.2) is 4.98 Å². The van der Waals surface area contributed by atoms with Crippen molar-refractivity contribution in [1.29, 1.82) is 0 Å². The fraction of sp³-hybridized carbons (Fsp3) is 0.294. The van der Waals surface area contributed by atoms with E-state index in [2.05, 4.69) is 15.2 Å². The number of halogens is 1. The topological polar surface area (TPSA) is 80.5 Å². The average molecular weight is 347 g/mol. The lowest BCUT2D eigenvalue weighted by Gasteiger charge is -2.29. The van der Waals surface area contributed by atoms with Crippen LogP contribution in [-0.2, 0) is 11.3 Å². The van der Waals surface area contributed by atoms with Crippen LogP contribution in [0.1, 0.15) is 16.1 Å². The zero-order valence-electron chi connectivity index (χ0n) is 13.2. The Morgan fingerprint density at radius 3 is 2.67 bits per heavy atom. The van der Waals surface area contributed by atoms with Gasteiger partial charge >= 0.3 is 0 Å². The Morgan fingerprint density at radius 2 is 2.00 bits per heavy atom. The fourth-order valence-corrected chi connectivity index (χ4v) is 2.70. The molecule has 1 aromatic heterocycles. The van der Waals surface area contributed by atoms with Crippen LogP contribution in [-0.4, -0.2) is 37.2 Å². The van der Waals surface area contributed by atoms with Crippen molar-refractivity contribution < 1.29 is 9.53 Å². The molecule has 1 aromatic carbocycles. The number of amides is 1. The predicted molar refractivity (Wildman–Crippen MR) is 94.6 cm³/mol. The van der Waals surface area contributed by atoms with E-state index in [1.54, 1.807) is 6.20 Å². The van der Waals surface area contributed by atoms with Gasteiger partial charge in [0.25, 0.3) is 5.91 Å². The van der Waals surface area contributed by atoms with Gasteiger partial charge in [0.15, 0.2) is 5.69 Å². The van der Waals surface area contributed by atoms with Crippen molar-refractivity contribution in [1.82, 2.24) is 4.98 Å². The summed E-state index contributed by atoms with van der Waals surface area (Å²) in [5, 5.41) is 3.93. The maximum Gasteiger partial charge on any atom is 0.269 e. The first-order valence-electron chi connectivity index (χ1n) is 7.74. The van der Waals surface area contributed by atoms with E-state index in [1.165, 1.54) is 0 Å². The number of carbonyl (C=O) groups excluding carboxylic acids is 1. The Hall–Kier alpha value is -2.31. The highest BCUT2D eigenvalue weighted by Gasteiger charge is 2.16. The molecule has 2 aromatic rings. The molecular weight excluding hydrogens is 328 g/mol. The second kappa shape index (κ2) is 7.51. The monoisotopic (exact) mass is 346 g/mol. The van der Waals surface area contributed by atoms with Crippen molar-refractivity contribution in [2.75, 3.05) is 36.5 Å². The Balaban J connectivity index is 1.80. The molecule has 126 valence electrons. The second-order valence-electron chi connectivity index (χ2n) is 5.53. The van der Waals surface area contributed by atoms with Crippen LogP contribution in [0.25, 0.3) is 0 Å². The normalized spacial score (nSPS) is 14.5. The summed E-state index contributed by atoms with van der Waals surface area (Å²) < 4.78 is 5.37. The standard InChI is InChI=1S/C17H19ClN4O2/c18-13-3-1-12(2-4-13)10-20-15-9-14(11-21-16(15)17(19)23)22-5-7-24-8-6-22/h1-4,9,11,20H,5-8,10H2,(H2,19,23). The number of anilines is 2.